The summed E-state index contributed by atoms with van der Waals surface area (Å²) < 4.78 is 11.3. The Morgan fingerprint density at radius 3 is 2.56 bits per heavy atom. The van der Waals surface area contributed by atoms with E-state index in [1.807, 2.05) is 13.8 Å². The molecule has 0 radical (unpaired) electrons. The number of hydrogen-bond donors (Lipinski definition) is 5. The molecule has 4 aliphatic rings. The maximum atomic E-state index is 11.4. The molecule has 10 atom stereocenters. The molecule has 232 valence electrons. The molecule has 0 aromatic heterocycles. The van der Waals surface area contributed by atoms with Crippen LogP contribution in [0.4, 0.5) is 0 Å². The van der Waals surface area contributed by atoms with Gasteiger partial charge in [0.2, 0.25) is 0 Å². The average molecular weight is 577 g/mol. The smallest absolute Gasteiger partial charge is 0.335 e. The number of fused-ring (bicyclic) bond motifs is 1. The van der Waals surface area contributed by atoms with Crippen molar-refractivity contribution in [3.8, 4) is 0 Å². The summed E-state index contributed by atoms with van der Waals surface area (Å²) >= 11 is 0. The third kappa shape index (κ3) is 7.16. The summed E-state index contributed by atoms with van der Waals surface area (Å²) in [5, 5.41) is 49.8. The van der Waals surface area contributed by atoms with Gasteiger partial charge in [0.1, 0.15) is 18.3 Å². The van der Waals surface area contributed by atoms with E-state index >= 15 is 0 Å². The van der Waals surface area contributed by atoms with Gasteiger partial charge in [-0.15, -0.1) is 0 Å². The highest BCUT2D eigenvalue weighted by Crippen LogP contribution is 2.60. The van der Waals surface area contributed by atoms with E-state index in [1.165, 1.54) is 31.3 Å². The van der Waals surface area contributed by atoms with Crippen molar-refractivity contribution in [2.24, 2.45) is 23.2 Å². The first-order valence-corrected chi connectivity index (χ1v) is 15.6. The number of hydrogen-bond acceptors (Lipinski definition) is 7. The zero-order valence-electron chi connectivity index (χ0n) is 25.3. The molecule has 8 heteroatoms. The predicted octanol–water partition coefficient (Wildman–Crippen LogP) is 4.65. The number of carboxylic acids is 1. The second-order valence-electron chi connectivity index (χ2n) is 14.0. The molecule has 0 amide bonds. The van der Waals surface area contributed by atoms with Gasteiger partial charge >= 0.3 is 5.97 Å². The third-order valence-corrected chi connectivity index (χ3v) is 10.6. The molecule has 5 N–H and O–H groups in total. The van der Waals surface area contributed by atoms with Crippen LogP contribution in [-0.2, 0) is 14.3 Å². The Balaban J connectivity index is 1.33. The largest absolute Gasteiger partial charge is 0.479 e. The van der Waals surface area contributed by atoms with E-state index in [-0.39, 0.29) is 11.5 Å². The van der Waals surface area contributed by atoms with Gasteiger partial charge in [-0.3, -0.25) is 0 Å². The standard InChI is InChI=1S/C33H52O8/c1-19-10-13-23(34)18-22(19)12-11-21-9-7-17-33(5)24(14-15-25(21)33)20(2)8-6-16-32(3,4)41-31-28(37)26(35)27(36)29(40-31)30(38)39/h11-12,20,23-29,31,34-37H,1,6-10,13-18H2,2-5H3,(H,38,39)/b21-11+,22-12-. The van der Waals surface area contributed by atoms with Crippen LogP contribution in [0.1, 0.15) is 98.3 Å². The molecule has 4 rings (SSSR count). The van der Waals surface area contributed by atoms with Gasteiger partial charge in [0.25, 0.3) is 0 Å². The van der Waals surface area contributed by atoms with Gasteiger partial charge in [0.15, 0.2) is 12.4 Å². The lowest BCUT2D eigenvalue weighted by Crippen LogP contribution is -2.61. The topological polar surface area (TPSA) is 137 Å². The molecule has 4 fully saturated rings. The Morgan fingerprint density at radius 2 is 1.85 bits per heavy atom. The van der Waals surface area contributed by atoms with Gasteiger partial charge in [-0.05, 0) is 100 Å². The Hall–Kier alpha value is -1.55. The Morgan fingerprint density at radius 1 is 1.12 bits per heavy atom. The monoisotopic (exact) mass is 576 g/mol. The molecule has 1 saturated heterocycles. The lowest BCUT2D eigenvalue weighted by Gasteiger charge is -2.44. The molecule has 3 aliphatic carbocycles. The average Bonchev–Trinajstić information content (AvgIpc) is 3.26. The molecule has 0 bridgehead atoms. The van der Waals surface area contributed by atoms with Crippen molar-refractivity contribution >= 4 is 5.97 Å². The molecule has 0 spiro atoms. The molecular weight excluding hydrogens is 524 g/mol. The molecule has 8 nitrogen and oxygen atoms in total. The first-order chi connectivity index (χ1) is 19.2. The van der Waals surface area contributed by atoms with E-state index in [0.29, 0.717) is 30.6 Å². The summed E-state index contributed by atoms with van der Waals surface area (Å²) in [5.41, 5.74) is 3.48. The van der Waals surface area contributed by atoms with Crippen molar-refractivity contribution in [3.63, 3.8) is 0 Å². The number of carboxylic acid groups (broad SMARTS) is 1. The summed E-state index contributed by atoms with van der Waals surface area (Å²) in [5.74, 6) is 0.353. The first-order valence-electron chi connectivity index (χ1n) is 15.6. The van der Waals surface area contributed by atoms with Crippen LogP contribution in [0.15, 0.2) is 35.5 Å². The second-order valence-corrected chi connectivity index (χ2v) is 14.0. The fraction of sp³-hybridized carbons (Fsp3) is 0.788. The van der Waals surface area contributed by atoms with Crippen LogP contribution in [0.2, 0.25) is 0 Å². The minimum Gasteiger partial charge on any atom is -0.479 e. The molecule has 41 heavy (non-hydrogen) atoms. The van der Waals surface area contributed by atoms with Crippen LogP contribution in [-0.4, -0.2) is 73.9 Å². The van der Waals surface area contributed by atoms with Crippen LogP contribution in [0.3, 0.4) is 0 Å². The summed E-state index contributed by atoms with van der Waals surface area (Å²) in [6, 6.07) is 0. The highest BCUT2D eigenvalue weighted by molar-refractivity contribution is 5.73. The molecule has 0 aromatic rings. The summed E-state index contributed by atoms with van der Waals surface area (Å²) in [4.78, 5) is 11.4. The van der Waals surface area contributed by atoms with Crippen LogP contribution < -0.4 is 0 Å². The lowest BCUT2D eigenvalue weighted by atomic mass is 9.60. The third-order valence-electron chi connectivity index (χ3n) is 10.6. The van der Waals surface area contributed by atoms with Gasteiger partial charge < -0.3 is 35.0 Å². The van der Waals surface area contributed by atoms with Gasteiger partial charge in [0.05, 0.1) is 11.7 Å². The molecular formula is C33H52O8. The number of carbonyl (C=O) groups is 1. The zero-order chi connectivity index (χ0) is 30.1. The van der Waals surface area contributed by atoms with Crippen LogP contribution in [0.5, 0.6) is 0 Å². The summed E-state index contributed by atoms with van der Waals surface area (Å²) in [6.45, 7) is 12.8. The molecule has 0 aromatic carbocycles. The van der Waals surface area contributed by atoms with Gasteiger partial charge in [0, 0.05) is 0 Å². The molecule has 3 saturated carbocycles. The van der Waals surface area contributed by atoms with E-state index < -0.39 is 42.3 Å². The van der Waals surface area contributed by atoms with E-state index in [2.05, 4.69) is 32.6 Å². The highest BCUT2D eigenvalue weighted by Gasteiger charge is 2.51. The maximum absolute atomic E-state index is 11.4. The van der Waals surface area contributed by atoms with Gasteiger partial charge in [-0.25, -0.2) is 4.79 Å². The number of aliphatic hydroxyl groups excluding tert-OH is 4. The highest BCUT2D eigenvalue weighted by atomic mass is 16.7. The van der Waals surface area contributed by atoms with Crippen LogP contribution in [0.25, 0.3) is 0 Å². The molecule has 1 aliphatic heterocycles. The number of aliphatic carboxylic acids is 1. The minimum atomic E-state index is -1.73. The van der Waals surface area contributed by atoms with Crippen molar-refractivity contribution in [2.75, 3.05) is 0 Å². The number of rotatable bonds is 9. The van der Waals surface area contributed by atoms with Crippen molar-refractivity contribution in [1.82, 2.24) is 0 Å². The van der Waals surface area contributed by atoms with E-state index in [1.54, 1.807) is 5.57 Å². The van der Waals surface area contributed by atoms with Crippen molar-refractivity contribution in [2.45, 2.75) is 141 Å². The minimum absolute atomic E-state index is 0.254. The molecule has 10 unspecified atom stereocenters. The normalized spacial score (nSPS) is 41.0. The van der Waals surface area contributed by atoms with Crippen molar-refractivity contribution in [3.05, 3.63) is 35.5 Å². The fourth-order valence-electron chi connectivity index (χ4n) is 8.18. The second kappa shape index (κ2) is 13.0. The van der Waals surface area contributed by atoms with Crippen molar-refractivity contribution in [1.29, 1.82) is 0 Å². The zero-order valence-corrected chi connectivity index (χ0v) is 25.3. The quantitative estimate of drug-likeness (QED) is 0.268. The Labute approximate surface area is 245 Å². The fourth-order valence-corrected chi connectivity index (χ4v) is 8.18. The SMILES string of the molecule is C=C1CCC(O)C/C1=C/C=C1\CCCC2(C)C1CCC2C(C)CCCC(C)(C)OC1OC(C(=O)O)C(O)C(O)C1O. The Bertz CT molecular complexity index is 1020. The lowest BCUT2D eigenvalue weighted by molar-refractivity contribution is -0.317. The summed E-state index contributed by atoms with van der Waals surface area (Å²) in [6.07, 6.45) is 7.44. The number of allylic oxidation sites excluding steroid dienone is 4. The predicted molar refractivity (Wildman–Crippen MR) is 156 cm³/mol. The van der Waals surface area contributed by atoms with Crippen LogP contribution in [0, 0.1) is 23.2 Å². The van der Waals surface area contributed by atoms with E-state index in [0.717, 1.165) is 37.7 Å². The van der Waals surface area contributed by atoms with Crippen LogP contribution >= 0.6 is 0 Å². The first kappa shape index (κ1) is 32.4. The van der Waals surface area contributed by atoms with E-state index in [9.17, 15) is 30.3 Å². The van der Waals surface area contributed by atoms with Crippen molar-refractivity contribution < 1.29 is 39.8 Å². The van der Waals surface area contributed by atoms with Gasteiger partial charge in [-0.1, -0.05) is 56.6 Å². The maximum Gasteiger partial charge on any atom is 0.335 e. The summed E-state index contributed by atoms with van der Waals surface area (Å²) in [7, 11) is 0. The molecule has 1 heterocycles. The number of ether oxygens (including phenoxy) is 2. The number of aliphatic hydroxyl groups is 4. The Kier molecular flexibility index (Phi) is 10.2. The van der Waals surface area contributed by atoms with E-state index in [4.69, 9.17) is 9.47 Å². The van der Waals surface area contributed by atoms with Gasteiger partial charge in [-0.2, -0.15) is 0 Å².